The number of nitrogens with one attached hydrogen (secondary N) is 2. The molecule has 134 valence electrons. The molecule has 0 aromatic heterocycles. The second kappa shape index (κ2) is 8.66. The van der Waals surface area contributed by atoms with E-state index in [9.17, 15) is 13.5 Å². The summed E-state index contributed by atoms with van der Waals surface area (Å²) < 4.78 is 29.6. The van der Waals surface area contributed by atoms with E-state index < -0.39 is 10.1 Å². The van der Waals surface area contributed by atoms with Crippen LogP contribution in [0.4, 0.5) is 0 Å². The van der Waals surface area contributed by atoms with Crippen LogP contribution in [0.2, 0.25) is 0 Å². The summed E-state index contributed by atoms with van der Waals surface area (Å²) in [7, 11) is -4.02. The van der Waals surface area contributed by atoms with E-state index >= 15 is 0 Å². The summed E-state index contributed by atoms with van der Waals surface area (Å²) in [4.78, 5) is -0.0666. The van der Waals surface area contributed by atoms with Crippen LogP contribution in [0, 0.1) is 12.3 Å². The van der Waals surface area contributed by atoms with Gasteiger partial charge in [-0.25, -0.2) is 5.43 Å². The number of aryl methyl sites for hydroxylation is 1. The Morgan fingerprint density at radius 1 is 1.20 bits per heavy atom. The van der Waals surface area contributed by atoms with Crippen LogP contribution in [0.3, 0.4) is 0 Å². The molecular weight excluding hydrogens is 348 g/mol. The first-order chi connectivity index (χ1) is 11.6. The first-order valence-electron chi connectivity index (χ1n) is 6.79. The van der Waals surface area contributed by atoms with Gasteiger partial charge in [-0.1, -0.05) is 23.8 Å². The fourth-order valence-corrected chi connectivity index (χ4v) is 2.01. The maximum absolute atomic E-state index is 10.5. The van der Waals surface area contributed by atoms with Crippen molar-refractivity contribution in [2.45, 2.75) is 11.8 Å². The monoisotopic (exact) mass is 366 g/mol. The second-order valence-electron chi connectivity index (χ2n) is 4.79. The lowest BCUT2D eigenvalue weighted by Crippen LogP contribution is -2.25. The van der Waals surface area contributed by atoms with Crippen molar-refractivity contribution in [3.05, 3.63) is 53.6 Å². The number of guanidine groups is 1. The molecule has 0 aliphatic heterocycles. The molecule has 0 saturated carbocycles. The zero-order valence-corrected chi connectivity index (χ0v) is 14.0. The van der Waals surface area contributed by atoms with Gasteiger partial charge < -0.3 is 15.9 Å². The molecule has 0 unspecified atom stereocenters. The number of para-hydroxylation sites is 1. The number of phenolic OH excluding ortho intramolecular Hbond substituents is 2. The predicted octanol–water partition coefficient (Wildman–Crippen LogP) is 1.16. The quantitative estimate of drug-likeness (QED) is 0.156. The fourth-order valence-electron chi connectivity index (χ4n) is 1.53. The third-order valence-electron chi connectivity index (χ3n) is 2.75. The molecule has 0 spiro atoms. The summed E-state index contributed by atoms with van der Waals surface area (Å²) in [6, 6.07) is 10.5. The molecule has 0 heterocycles. The summed E-state index contributed by atoms with van der Waals surface area (Å²) in [5.41, 5.74) is 8.44. The summed E-state index contributed by atoms with van der Waals surface area (Å²) in [5, 5.41) is 28.8. The van der Waals surface area contributed by atoms with E-state index in [1.165, 1.54) is 24.4 Å². The molecule has 0 amide bonds. The molecule has 7 N–H and O–H groups in total. The number of aromatic hydroxyl groups is 2. The van der Waals surface area contributed by atoms with Crippen molar-refractivity contribution in [2.24, 2.45) is 10.8 Å². The van der Waals surface area contributed by atoms with Crippen molar-refractivity contribution in [2.75, 3.05) is 0 Å². The SMILES string of the molecule is Cc1ccc(S(=O)(=O)O)cc1.N=C(N)NN=Cc1cccc(O)c1O. The standard InChI is InChI=1S/C8H10N4O2.C7H8O3S/c9-8(10)12-11-4-5-2-1-3-6(13)7(5)14;1-6-2-4-7(5-3-6)11(8,9)10/h1-4,13-14H,(H4,9,10,12);2-5H,1H3,(H,8,9,10). The Morgan fingerprint density at radius 2 is 1.80 bits per heavy atom. The molecule has 0 bridgehead atoms. The largest absolute Gasteiger partial charge is 0.504 e. The van der Waals surface area contributed by atoms with E-state index in [4.69, 9.17) is 20.8 Å². The number of phenols is 2. The maximum Gasteiger partial charge on any atom is 0.294 e. The number of hydrogen-bond donors (Lipinski definition) is 6. The lowest BCUT2D eigenvalue weighted by atomic mass is 10.2. The van der Waals surface area contributed by atoms with E-state index in [0.29, 0.717) is 5.56 Å². The minimum Gasteiger partial charge on any atom is -0.504 e. The van der Waals surface area contributed by atoms with Crippen LogP contribution in [-0.2, 0) is 10.1 Å². The third-order valence-corrected chi connectivity index (χ3v) is 3.62. The Morgan fingerprint density at radius 3 is 2.32 bits per heavy atom. The Bertz CT molecular complexity index is 864. The molecule has 0 fully saturated rings. The molecule has 0 aliphatic rings. The first kappa shape index (κ1) is 19.9. The van der Waals surface area contributed by atoms with Gasteiger partial charge in [-0.2, -0.15) is 13.5 Å². The van der Waals surface area contributed by atoms with Gasteiger partial charge in [-0.05, 0) is 31.2 Å². The molecule has 0 aliphatic carbocycles. The number of rotatable bonds is 3. The van der Waals surface area contributed by atoms with Crippen molar-refractivity contribution in [3.63, 3.8) is 0 Å². The summed E-state index contributed by atoms with van der Waals surface area (Å²) >= 11 is 0. The predicted molar refractivity (Wildman–Crippen MR) is 93.4 cm³/mol. The fraction of sp³-hybridized carbons (Fsp3) is 0.0667. The Balaban J connectivity index is 0.000000257. The minimum absolute atomic E-state index is 0.0666. The van der Waals surface area contributed by atoms with Gasteiger partial charge in [0.25, 0.3) is 10.1 Å². The van der Waals surface area contributed by atoms with Gasteiger partial charge in [0.1, 0.15) is 0 Å². The Labute approximate surface area is 144 Å². The summed E-state index contributed by atoms with van der Waals surface area (Å²) in [6.07, 6.45) is 1.25. The van der Waals surface area contributed by atoms with E-state index in [0.717, 1.165) is 5.56 Å². The number of hydrazone groups is 1. The topological polar surface area (TPSA) is 169 Å². The van der Waals surface area contributed by atoms with Crippen LogP contribution < -0.4 is 11.2 Å². The van der Waals surface area contributed by atoms with E-state index in [2.05, 4.69) is 10.5 Å². The highest BCUT2D eigenvalue weighted by molar-refractivity contribution is 7.85. The lowest BCUT2D eigenvalue weighted by molar-refractivity contribution is 0.403. The van der Waals surface area contributed by atoms with Gasteiger partial charge >= 0.3 is 0 Å². The molecule has 2 aromatic carbocycles. The van der Waals surface area contributed by atoms with Crippen molar-refractivity contribution >= 4 is 22.3 Å². The lowest BCUT2D eigenvalue weighted by Gasteiger charge is -2.00. The van der Waals surface area contributed by atoms with Crippen LogP contribution in [0.25, 0.3) is 0 Å². The highest BCUT2D eigenvalue weighted by atomic mass is 32.2. The van der Waals surface area contributed by atoms with Crippen molar-refractivity contribution in [1.29, 1.82) is 5.41 Å². The van der Waals surface area contributed by atoms with Gasteiger partial charge in [0.15, 0.2) is 11.5 Å². The third kappa shape index (κ3) is 6.89. The molecule has 0 radical (unpaired) electrons. The Kier molecular flexibility index (Phi) is 6.91. The van der Waals surface area contributed by atoms with E-state index in [-0.39, 0.29) is 22.4 Å². The maximum atomic E-state index is 10.5. The number of benzene rings is 2. The molecular formula is C15H18N4O5S. The van der Waals surface area contributed by atoms with Gasteiger partial charge in [0.05, 0.1) is 11.1 Å². The van der Waals surface area contributed by atoms with Crippen LogP contribution in [0.1, 0.15) is 11.1 Å². The number of nitrogens with two attached hydrogens (primary N) is 1. The Hall–Kier alpha value is -3.11. The molecule has 2 aromatic rings. The molecule has 0 atom stereocenters. The highest BCUT2D eigenvalue weighted by Crippen LogP contribution is 2.26. The van der Waals surface area contributed by atoms with E-state index in [1.807, 2.05) is 6.92 Å². The zero-order valence-electron chi connectivity index (χ0n) is 13.2. The van der Waals surface area contributed by atoms with Gasteiger partial charge in [-0.3, -0.25) is 9.96 Å². The molecule has 10 heteroatoms. The van der Waals surface area contributed by atoms with Crippen molar-refractivity contribution in [3.8, 4) is 11.5 Å². The van der Waals surface area contributed by atoms with Crippen molar-refractivity contribution < 1.29 is 23.2 Å². The van der Waals surface area contributed by atoms with Crippen LogP contribution >= 0.6 is 0 Å². The zero-order chi connectivity index (χ0) is 19.0. The smallest absolute Gasteiger partial charge is 0.294 e. The average molecular weight is 366 g/mol. The van der Waals surface area contributed by atoms with Gasteiger partial charge in [-0.15, -0.1) is 0 Å². The molecule has 2 rings (SSSR count). The first-order valence-corrected chi connectivity index (χ1v) is 8.23. The van der Waals surface area contributed by atoms with Gasteiger partial charge in [0.2, 0.25) is 5.96 Å². The van der Waals surface area contributed by atoms with Crippen molar-refractivity contribution in [1.82, 2.24) is 5.43 Å². The number of hydrogen-bond acceptors (Lipinski definition) is 6. The van der Waals surface area contributed by atoms with E-state index in [1.54, 1.807) is 24.3 Å². The molecule has 9 nitrogen and oxygen atoms in total. The molecule has 0 saturated heterocycles. The summed E-state index contributed by atoms with van der Waals surface area (Å²) in [6.45, 7) is 1.84. The van der Waals surface area contributed by atoms with Gasteiger partial charge in [0, 0.05) is 5.56 Å². The van der Waals surface area contributed by atoms with Crippen LogP contribution in [0.5, 0.6) is 11.5 Å². The van der Waals surface area contributed by atoms with Crippen LogP contribution in [0.15, 0.2) is 52.5 Å². The number of nitrogens with zero attached hydrogens (tertiary/aromatic N) is 1. The molecule has 25 heavy (non-hydrogen) atoms. The second-order valence-corrected chi connectivity index (χ2v) is 6.21. The minimum atomic E-state index is -4.02. The average Bonchev–Trinajstić information content (AvgIpc) is 2.51. The van der Waals surface area contributed by atoms with Crippen LogP contribution in [-0.4, -0.2) is 35.4 Å². The summed E-state index contributed by atoms with van der Waals surface area (Å²) in [5.74, 6) is -0.792. The highest BCUT2D eigenvalue weighted by Gasteiger charge is 2.06. The normalized spacial score (nSPS) is 10.8.